The van der Waals surface area contributed by atoms with Crippen LogP contribution in [0.15, 0.2) is 36.5 Å². The minimum Gasteiger partial charge on any atom is -0.465 e. The third-order valence-electron chi connectivity index (χ3n) is 16.4. The van der Waals surface area contributed by atoms with Gasteiger partial charge in [0.15, 0.2) is 0 Å². The molecular formula is C72H137NO5. The van der Waals surface area contributed by atoms with Crippen molar-refractivity contribution in [1.29, 1.82) is 0 Å². The van der Waals surface area contributed by atoms with E-state index in [0.717, 1.165) is 51.4 Å². The number of hydrogen-bond acceptors (Lipinski definition) is 5. The van der Waals surface area contributed by atoms with E-state index in [1.807, 2.05) is 0 Å². The topological polar surface area (TPSA) is 95.9 Å². The van der Waals surface area contributed by atoms with Crippen molar-refractivity contribution in [3.05, 3.63) is 36.5 Å². The first-order chi connectivity index (χ1) is 38.5. The monoisotopic (exact) mass is 1100 g/mol. The van der Waals surface area contributed by atoms with Gasteiger partial charge in [-0.25, -0.2) is 0 Å². The summed E-state index contributed by atoms with van der Waals surface area (Å²) in [5.41, 5.74) is 0. The van der Waals surface area contributed by atoms with Crippen LogP contribution in [-0.2, 0) is 14.3 Å². The number of aliphatic hydroxyl groups is 2. The summed E-state index contributed by atoms with van der Waals surface area (Å²) in [5.74, 6) is -0.0775. The van der Waals surface area contributed by atoms with Crippen LogP contribution in [0.3, 0.4) is 0 Å². The van der Waals surface area contributed by atoms with Crippen LogP contribution in [0.2, 0.25) is 0 Å². The molecule has 2 atom stereocenters. The fraction of sp³-hybridized carbons (Fsp3) is 0.889. The molecule has 2 unspecified atom stereocenters. The Bertz CT molecular complexity index is 1260. The molecule has 0 bridgehead atoms. The van der Waals surface area contributed by atoms with Gasteiger partial charge in [0.1, 0.15) is 0 Å². The molecule has 0 aliphatic carbocycles. The second kappa shape index (κ2) is 67.6. The summed E-state index contributed by atoms with van der Waals surface area (Å²) in [7, 11) is 0. The first kappa shape index (κ1) is 76.1. The van der Waals surface area contributed by atoms with Crippen LogP contribution in [0, 0.1) is 0 Å². The predicted molar refractivity (Wildman–Crippen MR) is 343 cm³/mol. The lowest BCUT2D eigenvalue weighted by molar-refractivity contribution is -0.143. The number of aliphatic hydroxyl groups excluding tert-OH is 2. The number of carbonyl (C=O) groups excluding carboxylic acids is 2. The van der Waals surface area contributed by atoms with Crippen LogP contribution < -0.4 is 5.32 Å². The summed E-state index contributed by atoms with van der Waals surface area (Å²) in [5, 5.41) is 23.4. The van der Waals surface area contributed by atoms with Gasteiger partial charge >= 0.3 is 5.97 Å². The van der Waals surface area contributed by atoms with E-state index < -0.39 is 12.1 Å². The Balaban J connectivity index is 3.44. The highest BCUT2D eigenvalue weighted by atomic mass is 16.5. The molecule has 0 rings (SSSR count). The lowest BCUT2D eigenvalue weighted by atomic mass is 10.0. The molecule has 1 amide bonds. The minimum absolute atomic E-state index is 0.0357. The number of hydrogen-bond donors (Lipinski definition) is 3. The van der Waals surface area contributed by atoms with Crippen molar-refractivity contribution in [2.75, 3.05) is 13.2 Å². The zero-order chi connectivity index (χ0) is 56.4. The average Bonchev–Trinajstić information content (AvgIpc) is 3.44. The van der Waals surface area contributed by atoms with E-state index >= 15 is 0 Å². The Hall–Kier alpha value is -1.92. The summed E-state index contributed by atoms with van der Waals surface area (Å²) < 4.78 is 5.43. The normalized spacial score (nSPS) is 12.7. The van der Waals surface area contributed by atoms with E-state index in [9.17, 15) is 19.8 Å². The van der Waals surface area contributed by atoms with Gasteiger partial charge in [0.05, 0.1) is 25.4 Å². The maximum Gasteiger partial charge on any atom is 0.305 e. The van der Waals surface area contributed by atoms with Gasteiger partial charge in [-0.2, -0.15) is 0 Å². The molecule has 0 aliphatic rings. The summed E-state index contributed by atoms with van der Waals surface area (Å²) in [4.78, 5) is 24.6. The van der Waals surface area contributed by atoms with Crippen molar-refractivity contribution >= 4 is 11.9 Å². The molecule has 0 aliphatic heterocycles. The van der Waals surface area contributed by atoms with Gasteiger partial charge in [-0.15, -0.1) is 0 Å². The molecule has 0 aromatic carbocycles. The quantitative estimate of drug-likeness (QED) is 0.0320. The number of rotatable bonds is 66. The highest BCUT2D eigenvalue weighted by molar-refractivity contribution is 5.76. The van der Waals surface area contributed by atoms with Crippen molar-refractivity contribution in [1.82, 2.24) is 5.32 Å². The lowest BCUT2D eigenvalue weighted by Crippen LogP contribution is -2.45. The second-order valence-corrected chi connectivity index (χ2v) is 24.2. The minimum atomic E-state index is -0.670. The zero-order valence-corrected chi connectivity index (χ0v) is 52.7. The fourth-order valence-corrected chi connectivity index (χ4v) is 11.1. The number of carbonyl (C=O) groups is 2. The Morgan fingerprint density at radius 1 is 0.359 bits per heavy atom. The van der Waals surface area contributed by atoms with Crippen molar-refractivity contribution in [2.24, 2.45) is 0 Å². The Labute approximate surface area is 487 Å². The fourth-order valence-electron chi connectivity index (χ4n) is 11.1. The molecule has 0 spiro atoms. The van der Waals surface area contributed by atoms with E-state index in [1.54, 1.807) is 0 Å². The maximum atomic E-state index is 12.6. The SMILES string of the molecule is CCCCCCCCC/C=C\CCCCCCCC(=O)OCC/C=C\C/C=C\CCCCCCCCCCCCCCCCC(=O)NC(CO)C(O)CCCCCCCCCCCCCCCCCCCCCCCCCC. The maximum absolute atomic E-state index is 12.6. The molecule has 3 N–H and O–H groups in total. The van der Waals surface area contributed by atoms with Crippen LogP contribution in [0.25, 0.3) is 0 Å². The highest BCUT2D eigenvalue weighted by Crippen LogP contribution is 2.19. The molecule has 0 saturated carbocycles. The highest BCUT2D eigenvalue weighted by Gasteiger charge is 2.20. The third-order valence-corrected chi connectivity index (χ3v) is 16.4. The summed E-state index contributed by atoms with van der Waals surface area (Å²) in [6, 6.07) is -0.547. The Morgan fingerprint density at radius 3 is 0.987 bits per heavy atom. The predicted octanol–water partition coefficient (Wildman–Crippen LogP) is 22.7. The first-order valence-electron chi connectivity index (χ1n) is 35.2. The smallest absolute Gasteiger partial charge is 0.305 e. The molecule has 0 aromatic heterocycles. The molecule has 0 heterocycles. The lowest BCUT2D eigenvalue weighted by Gasteiger charge is -2.22. The van der Waals surface area contributed by atoms with Crippen LogP contribution in [0.4, 0.5) is 0 Å². The van der Waals surface area contributed by atoms with Crippen LogP contribution in [0.1, 0.15) is 386 Å². The number of allylic oxidation sites excluding steroid dienone is 5. The van der Waals surface area contributed by atoms with Crippen molar-refractivity contribution in [2.45, 2.75) is 398 Å². The van der Waals surface area contributed by atoms with Crippen LogP contribution >= 0.6 is 0 Å². The molecule has 460 valence electrons. The second-order valence-electron chi connectivity index (χ2n) is 24.2. The van der Waals surface area contributed by atoms with Crippen LogP contribution in [-0.4, -0.2) is 47.4 Å². The van der Waals surface area contributed by atoms with Crippen molar-refractivity contribution in [3.8, 4) is 0 Å². The molecule has 0 radical (unpaired) electrons. The summed E-state index contributed by atoms with van der Waals surface area (Å²) in [6.07, 6.45) is 86.3. The molecule has 6 heteroatoms. The van der Waals surface area contributed by atoms with Gasteiger partial charge in [0, 0.05) is 12.8 Å². The summed E-state index contributed by atoms with van der Waals surface area (Å²) in [6.45, 7) is 4.87. The number of esters is 1. The standard InChI is InChI=1S/C72H137NO5/c1-3-5-7-9-11-13-15-17-19-21-22-23-24-25-27-30-33-36-40-44-48-52-56-60-64-70(75)69(68-74)73-71(76)65-61-57-53-49-45-41-37-34-31-28-26-29-32-35-39-43-47-51-55-59-63-67-78-72(77)66-62-58-54-50-46-42-38-20-18-16-14-12-10-8-6-4-2/h20,38,43,47,55,59,69-70,74-75H,3-19,21-37,39-42,44-46,48-54,56-58,60-68H2,1-2H3,(H,73,76)/b38-20-,47-43-,59-55-. The van der Waals surface area contributed by atoms with Crippen molar-refractivity contribution < 1.29 is 24.5 Å². The van der Waals surface area contributed by atoms with E-state index in [1.165, 1.54) is 302 Å². The Kier molecular flexibility index (Phi) is 65.9. The average molecular weight is 1100 g/mol. The Morgan fingerprint density at radius 2 is 0.641 bits per heavy atom. The van der Waals surface area contributed by atoms with Gasteiger partial charge in [-0.3, -0.25) is 9.59 Å². The first-order valence-corrected chi connectivity index (χ1v) is 35.2. The summed E-state index contributed by atoms with van der Waals surface area (Å²) >= 11 is 0. The van der Waals surface area contributed by atoms with Crippen LogP contribution in [0.5, 0.6) is 0 Å². The van der Waals surface area contributed by atoms with Gasteiger partial charge in [0.2, 0.25) is 5.91 Å². The van der Waals surface area contributed by atoms with E-state index in [-0.39, 0.29) is 18.5 Å². The molecular weight excluding hydrogens is 959 g/mol. The van der Waals surface area contributed by atoms with E-state index in [2.05, 4.69) is 55.6 Å². The molecule has 0 saturated heterocycles. The van der Waals surface area contributed by atoms with Gasteiger partial charge in [-0.05, 0) is 70.6 Å². The van der Waals surface area contributed by atoms with Crippen molar-refractivity contribution in [3.63, 3.8) is 0 Å². The number of unbranched alkanes of at least 4 members (excludes halogenated alkanes) is 49. The zero-order valence-electron chi connectivity index (χ0n) is 52.7. The number of amides is 1. The third kappa shape index (κ3) is 63.3. The van der Waals surface area contributed by atoms with Gasteiger partial charge in [0.25, 0.3) is 0 Å². The molecule has 0 fully saturated rings. The van der Waals surface area contributed by atoms with E-state index in [0.29, 0.717) is 25.9 Å². The molecule has 6 nitrogen and oxygen atoms in total. The number of ether oxygens (including phenoxy) is 1. The van der Waals surface area contributed by atoms with Gasteiger partial charge < -0.3 is 20.3 Å². The molecule has 0 aromatic rings. The largest absolute Gasteiger partial charge is 0.465 e. The molecule has 78 heavy (non-hydrogen) atoms. The number of nitrogens with one attached hydrogen (secondary N) is 1. The van der Waals surface area contributed by atoms with Gasteiger partial charge in [-0.1, -0.05) is 339 Å². The van der Waals surface area contributed by atoms with E-state index in [4.69, 9.17) is 4.74 Å².